The third-order valence-electron chi connectivity index (χ3n) is 2.80. The summed E-state index contributed by atoms with van der Waals surface area (Å²) in [5, 5.41) is 2.90. The molecule has 6 nitrogen and oxygen atoms in total. The summed E-state index contributed by atoms with van der Waals surface area (Å²) in [6.45, 7) is 6.45. The maximum atomic E-state index is 12.5. The summed E-state index contributed by atoms with van der Waals surface area (Å²) in [5.41, 5.74) is 0.385. The minimum absolute atomic E-state index is 0.0647. The van der Waals surface area contributed by atoms with Crippen LogP contribution in [0.5, 0.6) is 0 Å². The van der Waals surface area contributed by atoms with Gasteiger partial charge in [-0.25, -0.2) is 4.98 Å². The number of hydrogen-bond acceptors (Lipinski definition) is 5. The second kappa shape index (κ2) is 7.79. The third kappa shape index (κ3) is 5.13. The number of aromatic nitrogens is 2. The van der Waals surface area contributed by atoms with Gasteiger partial charge in [0.15, 0.2) is 0 Å². The smallest absolute Gasteiger partial charge is 0.274 e. The monoisotopic (exact) mass is 279 g/mol. The number of nitrogens with one attached hydrogen (secondary N) is 1. The van der Waals surface area contributed by atoms with Crippen LogP contribution in [0, 0.1) is 5.92 Å². The Morgan fingerprint density at radius 2 is 2.00 bits per heavy atom. The molecular formula is C14H25N5O. The Morgan fingerprint density at radius 3 is 2.55 bits per heavy atom. The fourth-order valence-electron chi connectivity index (χ4n) is 1.79. The van der Waals surface area contributed by atoms with E-state index in [1.807, 2.05) is 19.0 Å². The molecule has 112 valence electrons. The Labute approximate surface area is 121 Å². The van der Waals surface area contributed by atoms with E-state index in [-0.39, 0.29) is 5.91 Å². The summed E-state index contributed by atoms with van der Waals surface area (Å²) in [4.78, 5) is 24.8. The zero-order valence-electron chi connectivity index (χ0n) is 13.1. The van der Waals surface area contributed by atoms with Gasteiger partial charge in [-0.05, 0) is 20.0 Å². The van der Waals surface area contributed by atoms with Crippen LogP contribution in [0.4, 0.5) is 5.82 Å². The lowest BCUT2D eigenvalue weighted by Crippen LogP contribution is -2.39. The highest BCUT2D eigenvalue weighted by molar-refractivity contribution is 5.92. The topological polar surface area (TPSA) is 61.4 Å². The van der Waals surface area contributed by atoms with Crippen molar-refractivity contribution in [2.45, 2.75) is 13.8 Å². The van der Waals surface area contributed by atoms with Crippen LogP contribution in [0.25, 0.3) is 0 Å². The highest BCUT2D eigenvalue weighted by atomic mass is 16.2. The molecule has 0 unspecified atom stereocenters. The van der Waals surface area contributed by atoms with Crippen molar-refractivity contribution >= 4 is 11.7 Å². The van der Waals surface area contributed by atoms with Gasteiger partial charge in [-0.15, -0.1) is 0 Å². The molecule has 0 radical (unpaired) electrons. The summed E-state index contributed by atoms with van der Waals surface area (Å²) < 4.78 is 0. The summed E-state index contributed by atoms with van der Waals surface area (Å²) in [7, 11) is 5.76. The molecule has 1 heterocycles. The van der Waals surface area contributed by atoms with Crippen LogP contribution >= 0.6 is 0 Å². The SMILES string of the molecule is CNc1cncc(C(=O)N(CCN(C)C)CC(C)C)n1. The fourth-order valence-corrected chi connectivity index (χ4v) is 1.79. The molecular weight excluding hydrogens is 254 g/mol. The Bertz CT molecular complexity index is 433. The van der Waals surface area contributed by atoms with Gasteiger partial charge in [-0.3, -0.25) is 9.78 Å². The molecule has 1 aromatic rings. The summed E-state index contributed by atoms with van der Waals surface area (Å²) >= 11 is 0. The standard InChI is InChI=1S/C14H25N5O/c1-11(2)10-19(7-6-18(4)5)14(20)12-8-16-9-13(15-3)17-12/h8-9,11H,6-7,10H2,1-5H3,(H,15,17). The molecule has 1 rings (SSSR count). The Kier molecular flexibility index (Phi) is 6.38. The molecule has 1 amide bonds. The molecule has 1 aromatic heterocycles. The highest BCUT2D eigenvalue weighted by Gasteiger charge is 2.18. The minimum atomic E-state index is -0.0647. The molecule has 6 heteroatoms. The van der Waals surface area contributed by atoms with Crippen LogP contribution in [-0.4, -0.2) is 66.5 Å². The second-order valence-corrected chi connectivity index (χ2v) is 5.49. The molecule has 0 aromatic carbocycles. The number of rotatable bonds is 7. The van der Waals surface area contributed by atoms with Crippen molar-refractivity contribution in [2.24, 2.45) is 5.92 Å². The van der Waals surface area contributed by atoms with Gasteiger partial charge in [-0.2, -0.15) is 0 Å². The molecule has 0 saturated heterocycles. The number of hydrogen-bond donors (Lipinski definition) is 1. The average Bonchev–Trinajstić information content (AvgIpc) is 2.42. The Morgan fingerprint density at radius 1 is 1.30 bits per heavy atom. The van der Waals surface area contributed by atoms with Crippen LogP contribution in [0.15, 0.2) is 12.4 Å². The van der Waals surface area contributed by atoms with E-state index in [9.17, 15) is 4.79 Å². The number of carbonyl (C=O) groups is 1. The van der Waals surface area contributed by atoms with E-state index in [1.54, 1.807) is 13.2 Å². The highest BCUT2D eigenvalue weighted by Crippen LogP contribution is 2.07. The number of likely N-dealkylation sites (N-methyl/N-ethyl adjacent to an activating group) is 1. The van der Waals surface area contributed by atoms with E-state index in [1.165, 1.54) is 6.20 Å². The van der Waals surface area contributed by atoms with Crippen molar-refractivity contribution in [3.63, 3.8) is 0 Å². The zero-order valence-corrected chi connectivity index (χ0v) is 13.1. The van der Waals surface area contributed by atoms with E-state index in [0.29, 0.717) is 24.0 Å². The lowest BCUT2D eigenvalue weighted by atomic mass is 10.2. The van der Waals surface area contributed by atoms with Gasteiger partial charge in [-0.1, -0.05) is 13.8 Å². The molecule has 0 aliphatic carbocycles. The van der Waals surface area contributed by atoms with Gasteiger partial charge in [0.05, 0.1) is 12.4 Å². The molecule has 0 atom stereocenters. The maximum Gasteiger partial charge on any atom is 0.274 e. The van der Waals surface area contributed by atoms with Crippen molar-refractivity contribution in [1.82, 2.24) is 19.8 Å². The lowest BCUT2D eigenvalue weighted by Gasteiger charge is -2.25. The normalized spacial score (nSPS) is 10.9. The second-order valence-electron chi connectivity index (χ2n) is 5.49. The van der Waals surface area contributed by atoms with Crippen LogP contribution in [-0.2, 0) is 0 Å². The van der Waals surface area contributed by atoms with Crippen molar-refractivity contribution in [3.8, 4) is 0 Å². The van der Waals surface area contributed by atoms with Crippen LogP contribution in [0.2, 0.25) is 0 Å². The summed E-state index contributed by atoms with van der Waals surface area (Å²) in [5.74, 6) is 0.958. The van der Waals surface area contributed by atoms with Crippen molar-refractivity contribution < 1.29 is 4.79 Å². The molecule has 0 aliphatic heterocycles. The van der Waals surface area contributed by atoms with E-state index < -0.39 is 0 Å². The molecule has 0 fully saturated rings. The lowest BCUT2D eigenvalue weighted by molar-refractivity contribution is 0.0718. The van der Waals surface area contributed by atoms with E-state index >= 15 is 0 Å². The molecule has 0 bridgehead atoms. The first-order valence-corrected chi connectivity index (χ1v) is 6.87. The zero-order chi connectivity index (χ0) is 15.1. The van der Waals surface area contributed by atoms with Crippen LogP contribution in [0.1, 0.15) is 24.3 Å². The quantitative estimate of drug-likeness (QED) is 0.812. The number of amides is 1. The molecule has 1 N–H and O–H groups in total. The van der Waals surface area contributed by atoms with Crippen molar-refractivity contribution in [3.05, 3.63) is 18.1 Å². The fraction of sp³-hybridized carbons (Fsp3) is 0.643. The van der Waals surface area contributed by atoms with Gasteiger partial charge >= 0.3 is 0 Å². The number of nitrogens with zero attached hydrogens (tertiary/aromatic N) is 4. The molecule has 0 saturated carbocycles. The first kappa shape index (κ1) is 16.4. The van der Waals surface area contributed by atoms with Gasteiger partial charge in [0.2, 0.25) is 0 Å². The first-order valence-electron chi connectivity index (χ1n) is 6.87. The van der Waals surface area contributed by atoms with E-state index in [0.717, 1.165) is 13.1 Å². The predicted octanol–water partition coefficient (Wildman–Crippen LogP) is 1.18. The van der Waals surface area contributed by atoms with E-state index in [4.69, 9.17) is 0 Å². The van der Waals surface area contributed by atoms with Gasteiger partial charge in [0, 0.05) is 26.7 Å². The Hall–Kier alpha value is -1.69. The molecule has 20 heavy (non-hydrogen) atoms. The number of anilines is 1. The maximum absolute atomic E-state index is 12.5. The van der Waals surface area contributed by atoms with Crippen LogP contribution < -0.4 is 5.32 Å². The predicted molar refractivity (Wildman–Crippen MR) is 80.9 cm³/mol. The first-order chi connectivity index (χ1) is 9.43. The van der Waals surface area contributed by atoms with Gasteiger partial charge < -0.3 is 15.1 Å². The van der Waals surface area contributed by atoms with Gasteiger partial charge in [0.25, 0.3) is 5.91 Å². The summed E-state index contributed by atoms with van der Waals surface area (Å²) in [6, 6.07) is 0. The Balaban J connectivity index is 2.84. The van der Waals surface area contributed by atoms with Crippen LogP contribution in [0.3, 0.4) is 0 Å². The molecule has 0 aliphatic rings. The third-order valence-corrected chi connectivity index (χ3v) is 2.80. The van der Waals surface area contributed by atoms with Crippen molar-refractivity contribution in [2.75, 3.05) is 46.1 Å². The summed E-state index contributed by atoms with van der Waals surface area (Å²) in [6.07, 6.45) is 3.12. The van der Waals surface area contributed by atoms with Gasteiger partial charge in [0.1, 0.15) is 11.5 Å². The minimum Gasteiger partial charge on any atom is -0.372 e. The number of carbonyl (C=O) groups excluding carboxylic acids is 1. The van der Waals surface area contributed by atoms with E-state index in [2.05, 4.69) is 34.0 Å². The largest absolute Gasteiger partial charge is 0.372 e. The van der Waals surface area contributed by atoms with Crippen molar-refractivity contribution in [1.29, 1.82) is 0 Å². The molecule has 0 spiro atoms. The average molecular weight is 279 g/mol.